The van der Waals surface area contributed by atoms with E-state index >= 15 is 0 Å². The van der Waals surface area contributed by atoms with Gasteiger partial charge in [-0.2, -0.15) is 0 Å². The average Bonchev–Trinajstić information content (AvgIpc) is 3.09. The maximum atomic E-state index is 5.75. The van der Waals surface area contributed by atoms with Crippen LogP contribution in [0.15, 0.2) is 18.3 Å². The Morgan fingerprint density at radius 2 is 2.25 bits per heavy atom. The van der Waals surface area contributed by atoms with Gasteiger partial charge in [-0.15, -0.1) is 0 Å². The van der Waals surface area contributed by atoms with Gasteiger partial charge in [-0.3, -0.25) is 4.98 Å². The Hall–Kier alpha value is -1.09. The second kappa shape index (κ2) is 4.83. The molecule has 1 aliphatic rings. The summed E-state index contributed by atoms with van der Waals surface area (Å²) < 4.78 is 0. The fourth-order valence-electron chi connectivity index (χ4n) is 2.01. The number of anilines is 1. The van der Waals surface area contributed by atoms with Crippen molar-refractivity contribution < 1.29 is 0 Å². The predicted octanol–water partition coefficient (Wildman–Crippen LogP) is 2.17. The number of hydrogen-bond donors (Lipinski definition) is 1. The van der Waals surface area contributed by atoms with E-state index in [9.17, 15) is 0 Å². The molecule has 1 saturated carbocycles. The number of pyridine rings is 1. The summed E-state index contributed by atoms with van der Waals surface area (Å²) in [5.41, 5.74) is 7.97. The van der Waals surface area contributed by atoms with E-state index in [2.05, 4.69) is 29.8 Å². The zero-order valence-corrected chi connectivity index (χ0v) is 10.2. The first-order valence-electron chi connectivity index (χ1n) is 6.13. The number of rotatable bonds is 5. The SMILES string of the molecule is CC(C)N(CC1CC1)c1cccnc1CN. The Balaban J connectivity index is 2.22. The summed E-state index contributed by atoms with van der Waals surface area (Å²) in [6.45, 7) is 6.13. The number of aromatic nitrogens is 1. The molecule has 0 aromatic carbocycles. The fourth-order valence-corrected chi connectivity index (χ4v) is 2.01. The van der Waals surface area contributed by atoms with Crippen molar-refractivity contribution in [2.24, 2.45) is 11.7 Å². The van der Waals surface area contributed by atoms with Gasteiger partial charge in [0.1, 0.15) is 0 Å². The second-order valence-corrected chi connectivity index (χ2v) is 4.86. The number of nitrogens with zero attached hydrogens (tertiary/aromatic N) is 2. The van der Waals surface area contributed by atoms with Crippen molar-refractivity contribution in [2.45, 2.75) is 39.3 Å². The van der Waals surface area contributed by atoms with Gasteiger partial charge in [0.05, 0.1) is 11.4 Å². The van der Waals surface area contributed by atoms with Gasteiger partial charge in [0, 0.05) is 25.3 Å². The molecule has 1 aliphatic carbocycles. The summed E-state index contributed by atoms with van der Waals surface area (Å²) in [5, 5.41) is 0. The van der Waals surface area contributed by atoms with Crippen LogP contribution >= 0.6 is 0 Å². The van der Waals surface area contributed by atoms with Crippen LogP contribution in [-0.4, -0.2) is 17.6 Å². The molecule has 1 fully saturated rings. The van der Waals surface area contributed by atoms with E-state index in [1.165, 1.54) is 18.5 Å². The van der Waals surface area contributed by atoms with Crippen LogP contribution in [0.1, 0.15) is 32.4 Å². The molecule has 0 aliphatic heterocycles. The van der Waals surface area contributed by atoms with E-state index in [0.717, 1.165) is 18.2 Å². The first-order valence-corrected chi connectivity index (χ1v) is 6.13. The predicted molar refractivity (Wildman–Crippen MR) is 67.3 cm³/mol. The monoisotopic (exact) mass is 219 g/mol. The maximum Gasteiger partial charge on any atom is 0.0772 e. The van der Waals surface area contributed by atoms with Gasteiger partial charge in [-0.05, 0) is 44.7 Å². The van der Waals surface area contributed by atoms with Crippen LogP contribution < -0.4 is 10.6 Å². The molecule has 0 saturated heterocycles. The van der Waals surface area contributed by atoms with Gasteiger partial charge in [-0.25, -0.2) is 0 Å². The highest BCUT2D eigenvalue weighted by Crippen LogP contribution is 2.32. The van der Waals surface area contributed by atoms with Crippen LogP contribution in [0.25, 0.3) is 0 Å². The van der Waals surface area contributed by atoms with Crippen LogP contribution in [0.2, 0.25) is 0 Å². The van der Waals surface area contributed by atoms with E-state index in [-0.39, 0.29) is 0 Å². The standard InChI is InChI=1S/C13H21N3/c1-10(2)16(9-11-5-6-11)13-4-3-7-15-12(13)8-14/h3-4,7,10-11H,5-6,8-9,14H2,1-2H3. The molecule has 2 N–H and O–H groups in total. The van der Waals surface area contributed by atoms with E-state index in [0.29, 0.717) is 12.6 Å². The lowest BCUT2D eigenvalue weighted by Gasteiger charge is -2.30. The molecule has 1 aromatic heterocycles. The lowest BCUT2D eigenvalue weighted by molar-refractivity contribution is 0.639. The summed E-state index contributed by atoms with van der Waals surface area (Å²) in [5.74, 6) is 0.883. The summed E-state index contributed by atoms with van der Waals surface area (Å²) in [6.07, 6.45) is 4.57. The van der Waals surface area contributed by atoms with Crippen molar-refractivity contribution >= 4 is 5.69 Å². The molecule has 3 nitrogen and oxygen atoms in total. The first-order chi connectivity index (χ1) is 7.72. The maximum absolute atomic E-state index is 5.75. The summed E-state index contributed by atoms with van der Waals surface area (Å²) >= 11 is 0. The number of hydrogen-bond acceptors (Lipinski definition) is 3. The topological polar surface area (TPSA) is 42.2 Å². The highest BCUT2D eigenvalue weighted by Gasteiger charge is 2.26. The van der Waals surface area contributed by atoms with Crippen LogP contribution in [0.4, 0.5) is 5.69 Å². The zero-order chi connectivity index (χ0) is 11.5. The largest absolute Gasteiger partial charge is 0.367 e. The van der Waals surface area contributed by atoms with E-state index in [1.54, 1.807) is 0 Å². The Labute approximate surface area is 97.7 Å². The van der Waals surface area contributed by atoms with Crippen molar-refractivity contribution in [2.75, 3.05) is 11.4 Å². The molecular formula is C13H21N3. The Kier molecular flexibility index (Phi) is 3.44. The minimum absolute atomic E-state index is 0.509. The molecule has 3 heteroatoms. The summed E-state index contributed by atoms with van der Waals surface area (Å²) in [4.78, 5) is 6.80. The van der Waals surface area contributed by atoms with Gasteiger partial charge in [0.2, 0.25) is 0 Å². The van der Waals surface area contributed by atoms with E-state index in [4.69, 9.17) is 5.73 Å². The summed E-state index contributed by atoms with van der Waals surface area (Å²) in [7, 11) is 0. The van der Waals surface area contributed by atoms with Crippen LogP contribution in [0.3, 0.4) is 0 Å². The minimum atomic E-state index is 0.509. The molecule has 2 rings (SSSR count). The molecule has 0 unspecified atom stereocenters. The molecule has 1 aromatic rings. The van der Waals surface area contributed by atoms with Gasteiger partial charge in [-0.1, -0.05) is 0 Å². The zero-order valence-electron chi connectivity index (χ0n) is 10.2. The number of nitrogens with two attached hydrogens (primary N) is 1. The molecule has 0 atom stereocenters. The van der Waals surface area contributed by atoms with Crippen molar-refractivity contribution in [3.8, 4) is 0 Å². The third-order valence-corrected chi connectivity index (χ3v) is 3.14. The van der Waals surface area contributed by atoms with Gasteiger partial charge in [0.25, 0.3) is 0 Å². The second-order valence-electron chi connectivity index (χ2n) is 4.86. The van der Waals surface area contributed by atoms with Crippen molar-refractivity contribution in [1.29, 1.82) is 0 Å². The Morgan fingerprint density at radius 1 is 1.50 bits per heavy atom. The fraction of sp³-hybridized carbons (Fsp3) is 0.615. The Bertz CT molecular complexity index is 345. The molecular weight excluding hydrogens is 198 g/mol. The highest BCUT2D eigenvalue weighted by atomic mass is 15.2. The minimum Gasteiger partial charge on any atom is -0.367 e. The van der Waals surface area contributed by atoms with Gasteiger partial charge in [0.15, 0.2) is 0 Å². The van der Waals surface area contributed by atoms with Crippen molar-refractivity contribution in [3.05, 3.63) is 24.0 Å². The molecule has 0 bridgehead atoms. The third-order valence-electron chi connectivity index (χ3n) is 3.14. The smallest absolute Gasteiger partial charge is 0.0772 e. The molecule has 16 heavy (non-hydrogen) atoms. The first kappa shape index (κ1) is 11.4. The third kappa shape index (κ3) is 2.53. The van der Waals surface area contributed by atoms with Crippen LogP contribution in [0, 0.1) is 5.92 Å². The van der Waals surface area contributed by atoms with Gasteiger partial charge < -0.3 is 10.6 Å². The Morgan fingerprint density at radius 3 is 2.81 bits per heavy atom. The molecule has 0 amide bonds. The normalized spacial score (nSPS) is 15.5. The van der Waals surface area contributed by atoms with E-state index in [1.807, 2.05) is 12.3 Å². The lowest BCUT2D eigenvalue weighted by atomic mass is 10.2. The van der Waals surface area contributed by atoms with Crippen LogP contribution in [-0.2, 0) is 6.54 Å². The van der Waals surface area contributed by atoms with Crippen LogP contribution in [0.5, 0.6) is 0 Å². The highest BCUT2D eigenvalue weighted by molar-refractivity contribution is 5.51. The lowest BCUT2D eigenvalue weighted by Crippen LogP contribution is -2.34. The average molecular weight is 219 g/mol. The summed E-state index contributed by atoms with van der Waals surface area (Å²) in [6, 6.07) is 4.64. The van der Waals surface area contributed by atoms with Crippen molar-refractivity contribution in [1.82, 2.24) is 4.98 Å². The quantitative estimate of drug-likeness (QED) is 0.825. The molecule has 1 heterocycles. The van der Waals surface area contributed by atoms with Crippen molar-refractivity contribution in [3.63, 3.8) is 0 Å². The van der Waals surface area contributed by atoms with E-state index < -0.39 is 0 Å². The van der Waals surface area contributed by atoms with Gasteiger partial charge >= 0.3 is 0 Å². The molecule has 88 valence electrons. The molecule has 0 spiro atoms. The molecule has 0 radical (unpaired) electrons.